The Morgan fingerprint density at radius 3 is 1.20 bits per heavy atom. The van der Waals surface area contributed by atoms with Crippen LogP contribution in [0, 0.1) is 0 Å². The lowest BCUT2D eigenvalue weighted by Crippen LogP contribution is -1.92. The quantitative estimate of drug-likeness (QED) is 0.160. The molecule has 1 aromatic heterocycles. The topological polar surface area (TPSA) is 13.1 Å². The van der Waals surface area contributed by atoms with E-state index in [4.69, 9.17) is 4.42 Å². The van der Waals surface area contributed by atoms with Gasteiger partial charge in [0.25, 0.3) is 0 Å². The van der Waals surface area contributed by atoms with Crippen molar-refractivity contribution in [1.82, 2.24) is 0 Å². The molecule has 12 rings (SSSR count). The van der Waals surface area contributed by atoms with Crippen LogP contribution in [0.15, 0.2) is 223 Å². The number of benzene rings is 11. The lowest BCUT2D eigenvalue weighted by Gasteiger charge is -2.19. The molecule has 0 aliphatic heterocycles. The average molecular weight is 749 g/mol. The first-order valence-electron chi connectivity index (χ1n) is 20.3. The van der Waals surface area contributed by atoms with Gasteiger partial charge in [0.15, 0.2) is 0 Å². The van der Waals surface area contributed by atoms with Crippen LogP contribution < -0.4 is 0 Å². The predicted molar refractivity (Wildman–Crippen MR) is 251 cm³/mol. The van der Waals surface area contributed by atoms with Crippen molar-refractivity contribution in [3.05, 3.63) is 218 Å². The van der Waals surface area contributed by atoms with E-state index in [0.717, 1.165) is 27.5 Å². The Balaban J connectivity index is 1.16. The summed E-state index contributed by atoms with van der Waals surface area (Å²) in [6, 6.07) is 79.4. The average Bonchev–Trinajstić information content (AvgIpc) is 3.69. The summed E-state index contributed by atoms with van der Waals surface area (Å²) in [7, 11) is 0. The van der Waals surface area contributed by atoms with Crippen LogP contribution in [0.5, 0.6) is 0 Å². The van der Waals surface area contributed by atoms with Gasteiger partial charge in [0.05, 0.1) is 0 Å². The number of fused-ring (bicyclic) bond motifs is 7. The van der Waals surface area contributed by atoms with Gasteiger partial charge in [-0.1, -0.05) is 194 Å². The van der Waals surface area contributed by atoms with Crippen molar-refractivity contribution < 1.29 is 4.42 Å². The SMILES string of the molecule is c1ccc(-c2ccc3c(-c4ccc5oc6cccc(-c7c8ccccc8c(-c8ccccc8)c8ccccc78)c6c5c4)c4ccccc4c(-c4ccccc4)c3c2)cc1. The summed E-state index contributed by atoms with van der Waals surface area (Å²) in [5, 5.41) is 12.1. The van der Waals surface area contributed by atoms with Crippen LogP contribution in [-0.2, 0) is 0 Å². The molecule has 0 N–H and O–H groups in total. The van der Waals surface area contributed by atoms with Gasteiger partial charge in [-0.25, -0.2) is 0 Å². The van der Waals surface area contributed by atoms with Gasteiger partial charge in [-0.05, 0) is 123 Å². The summed E-state index contributed by atoms with van der Waals surface area (Å²) in [6.07, 6.45) is 0. The zero-order chi connectivity index (χ0) is 38.9. The highest BCUT2D eigenvalue weighted by atomic mass is 16.3. The molecule has 0 aliphatic carbocycles. The van der Waals surface area contributed by atoms with Gasteiger partial charge in [0, 0.05) is 10.8 Å². The molecule has 1 heteroatoms. The maximum atomic E-state index is 6.74. The van der Waals surface area contributed by atoms with Crippen molar-refractivity contribution >= 4 is 65.0 Å². The lowest BCUT2D eigenvalue weighted by atomic mass is 9.84. The Hall–Kier alpha value is -7.74. The standard InChI is InChI=1S/C58H36O/c1-4-17-37(18-5-1)40-31-33-48-50(35-40)55(39-21-8-3-9-22-39)42-23-10-11-24-43(42)56(48)41-32-34-52-51(36-41)58-49(29-16-30-53(58)59-52)57-46-27-14-12-25-44(46)54(38-19-6-2-7-20-38)45-26-13-15-28-47(45)57/h1-36H. The molecule has 0 saturated carbocycles. The van der Waals surface area contributed by atoms with E-state index in [9.17, 15) is 0 Å². The first-order valence-corrected chi connectivity index (χ1v) is 20.3. The molecule has 0 saturated heterocycles. The molecule has 1 nitrogen and oxygen atoms in total. The van der Waals surface area contributed by atoms with Gasteiger partial charge in [0.1, 0.15) is 11.2 Å². The fourth-order valence-electron chi connectivity index (χ4n) is 9.74. The minimum Gasteiger partial charge on any atom is -0.456 e. The second kappa shape index (κ2) is 13.4. The molecule has 0 fully saturated rings. The van der Waals surface area contributed by atoms with Crippen LogP contribution in [0.3, 0.4) is 0 Å². The molecule has 11 aromatic carbocycles. The van der Waals surface area contributed by atoms with E-state index in [1.165, 1.54) is 93.2 Å². The van der Waals surface area contributed by atoms with Gasteiger partial charge < -0.3 is 4.42 Å². The molecule has 0 aliphatic rings. The van der Waals surface area contributed by atoms with Crippen LogP contribution in [0.2, 0.25) is 0 Å². The summed E-state index contributed by atoms with van der Waals surface area (Å²) >= 11 is 0. The molecular weight excluding hydrogens is 713 g/mol. The monoisotopic (exact) mass is 748 g/mol. The molecular formula is C58H36O. The first kappa shape index (κ1) is 33.4. The van der Waals surface area contributed by atoms with Crippen LogP contribution in [0.1, 0.15) is 0 Å². The molecule has 12 aromatic rings. The Labute approximate surface area is 342 Å². The van der Waals surface area contributed by atoms with Crippen LogP contribution >= 0.6 is 0 Å². The van der Waals surface area contributed by atoms with E-state index < -0.39 is 0 Å². The van der Waals surface area contributed by atoms with Crippen molar-refractivity contribution in [2.24, 2.45) is 0 Å². The van der Waals surface area contributed by atoms with Gasteiger partial charge in [-0.15, -0.1) is 0 Å². The molecule has 1 heterocycles. The third-order valence-electron chi connectivity index (χ3n) is 12.2. The number of furan rings is 1. The fourth-order valence-corrected chi connectivity index (χ4v) is 9.74. The molecule has 0 bridgehead atoms. The van der Waals surface area contributed by atoms with Gasteiger partial charge >= 0.3 is 0 Å². The molecule has 0 amide bonds. The second-order valence-electron chi connectivity index (χ2n) is 15.5. The highest BCUT2D eigenvalue weighted by Crippen LogP contribution is 2.49. The third-order valence-corrected chi connectivity index (χ3v) is 12.2. The van der Waals surface area contributed by atoms with E-state index in [1.807, 2.05) is 0 Å². The summed E-state index contributed by atoms with van der Waals surface area (Å²) in [6.45, 7) is 0. The molecule has 0 atom stereocenters. The summed E-state index contributed by atoms with van der Waals surface area (Å²) in [5.74, 6) is 0. The van der Waals surface area contributed by atoms with Crippen LogP contribution in [0.25, 0.3) is 121 Å². The molecule has 0 spiro atoms. The molecule has 59 heavy (non-hydrogen) atoms. The van der Waals surface area contributed by atoms with E-state index >= 15 is 0 Å². The summed E-state index contributed by atoms with van der Waals surface area (Å²) < 4.78 is 6.74. The van der Waals surface area contributed by atoms with E-state index in [0.29, 0.717) is 0 Å². The van der Waals surface area contributed by atoms with Gasteiger partial charge in [0.2, 0.25) is 0 Å². The first-order chi connectivity index (χ1) is 29.3. The maximum absolute atomic E-state index is 6.74. The highest BCUT2D eigenvalue weighted by molar-refractivity contribution is 6.27. The van der Waals surface area contributed by atoms with Crippen LogP contribution in [0.4, 0.5) is 0 Å². The zero-order valence-electron chi connectivity index (χ0n) is 32.2. The number of hydrogen-bond donors (Lipinski definition) is 0. The number of hydrogen-bond acceptors (Lipinski definition) is 1. The zero-order valence-corrected chi connectivity index (χ0v) is 32.2. The normalized spacial score (nSPS) is 11.7. The Morgan fingerprint density at radius 1 is 0.220 bits per heavy atom. The number of rotatable bonds is 5. The second-order valence-corrected chi connectivity index (χ2v) is 15.5. The minimum absolute atomic E-state index is 0.881. The van der Waals surface area contributed by atoms with Crippen molar-refractivity contribution in [3.63, 3.8) is 0 Å². The van der Waals surface area contributed by atoms with E-state index in [2.05, 4.69) is 218 Å². The predicted octanol–water partition coefficient (Wildman–Crippen LogP) is 16.5. The largest absolute Gasteiger partial charge is 0.456 e. The molecule has 0 radical (unpaired) electrons. The lowest BCUT2D eigenvalue weighted by molar-refractivity contribution is 0.669. The molecule has 274 valence electrons. The van der Waals surface area contributed by atoms with Crippen molar-refractivity contribution in [2.75, 3.05) is 0 Å². The highest BCUT2D eigenvalue weighted by Gasteiger charge is 2.22. The fraction of sp³-hybridized carbons (Fsp3) is 0. The van der Waals surface area contributed by atoms with Gasteiger partial charge in [-0.2, -0.15) is 0 Å². The van der Waals surface area contributed by atoms with Crippen molar-refractivity contribution in [3.8, 4) is 55.6 Å². The van der Waals surface area contributed by atoms with E-state index in [1.54, 1.807) is 0 Å². The minimum atomic E-state index is 0.881. The maximum Gasteiger partial charge on any atom is 0.136 e. The summed E-state index contributed by atoms with van der Waals surface area (Å²) in [5.41, 5.74) is 13.9. The molecule has 0 unspecified atom stereocenters. The Bertz CT molecular complexity index is 3520. The van der Waals surface area contributed by atoms with Crippen LogP contribution in [-0.4, -0.2) is 0 Å². The summed E-state index contributed by atoms with van der Waals surface area (Å²) in [4.78, 5) is 0. The smallest absolute Gasteiger partial charge is 0.136 e. The van der Waals surface area contributed by atoms with Crippen molar-refractivity contribution in [1.29, 1.82) is 0 Å². The van der Waals surface area contributed by atoms with E-state index in [-0.39, 0.29) is 0 Å². The Kier molecular flexibility index (Phi) is 7.61. The Morgan fingerprint density at radius 2 is 0.644 bits per heavy atom. The third kappa shape index (κ3) is 5.25. The van der Waals surface area contributed by atoms with Crippen molar-refractivity contribution in [2.45, 2.75) is 0 Å². The van der Waals surface area contributed by atoms with Gasteiger partial charge in [-0.3, -0.25) is 0 Å².